The van der Waals surface area contributed by atoms with Crippen LogP contribution < -0.4 is 0 Å². The van der Waals surface area contributed by atoms with Gasteiger partial charge in [0.05, 0.1) is 0 Å². The smallest absolute Gasteiger partial charge is 0.115 e. The maximum Gasteiger partial charge on any atom is 0.115 e. The maximum atomic E-state index is 9.29. The fourth-order valence-electron chi connectivity index (χ4n) is 2.67. The molecule has 0 saturated carbocycles. The number of hydrogen-bond donors (Lipinski definition) is 1. The minimum Gasteiger partial charge on any atom is -0.508 e. The first-order valence-corrected chi connectivity index (χ1v) is 6.13. The average Bonchev–Trinajstić information content (AvgIpc) is 2.69. The van der Waals surface area contributed by atoms with Crippen LogP contribution in [0.3, 0.4) is 0 Å². The molecule has 3 rings (SSSR count). The zero-order valence-corrected chi connectivity index (χ0v) is 9.98. The van der Waals surface area contributed by atoms with E-state index >= 15 is 0 Å². The number of benzene rings is 2. The molecule has 1 aliphatic carbocycles. The molecule has 0 radical (unpaired) electrons. The van der Waals surface area contributed by atoms with E-state index in [1.165, 1.54) is 35.1 Å². The van der Waals surface area contributed by atoms with E-state index in [-0.39, 0.29) is 0 Å². The number of phenolic OH excluding ortho intramolecular Hbond substituents is 1. The summed E-state index contributed by atoms with van der Waals surface area (Å²) in [5.41, 5.74) is 5.41. The van der Waals surface area contributed by atoms with Crippen LogP contribution in [0.2, 0.25) is 0 Å². The van der Waals surface area contributed by atoms with Gasteiger partial charge in [0.1, 0.15) is 5.75 Å². The van der Waals surface area contributed by atoms with Gasteiger partial charge in [0.15, 0.2) is 0 Å². The van der Waals surface area contributed by atoms with Gasteiger partial charge in [-0.3, -0.25) is 0 Å². The summed E-state index contributed by atoms with van der Waals surface area (Å²) >= 11 is 0. The number of aromatic hydroxyl groups is 1. The highest BCUT2D eigenvalue weighted by atomic mass is 16.3. The van der Waals surface area contributed by atoms with E-state index in [2.05, 4.69) is 25.1 Å². The molecule has 86 valence electrons. The standard InChI is InChI=1S/C16H16O/c1-11-8-13-2-3-14(10-15(13)9-11)12-4-6-16(17)7-5-12/h2-7,10-11,17H,8-9H2,1H3. The maximum absolute atomic E-state index is 9.29. The monoisotopic (exact) mass is 224 g/mol. The lowest BCUT2D eigenvalue weighted by Gasteiger charge is -2.05. The van der Waals surface area contributed by atoms with E-state index in [1.54, 1.807) is 12.1 Å². The number of fused-ring (bicyclic) bond motifs is 1. The third-order valence-corrected chi connectivity index (χ3v) is 3.54. The second kappa shape index (κ2) is 3.92. The second-order valence-corrected chi connectivity index (χ2v) is 5.04. The van der Waals surface area contributed by atoms with E-state index in [0.29, 0.717) is 5.75 Å². The molecule has 2 aromatic rings. The molecule has 0 amide bonds. The van der Waals surface area contributed by atoms with Crippen LogP contribution in [-0.4, -0.2) is 5.11 Å². The molecule has 1 atom stereocenters. The van der Waals surface area contributed by atoms with Gasteiger partial charge in [0, 0.05) is 0 Å². The highest BCUT2D eigenvalue weighted by Gasteiger charge is 2.17. The summed E-state index contributed by atoms with van der Waals surface area (Å²) in [6, 6.07) is 14.1. The van der Waals surface area contributed by atoms with Crippen LogP contribution in [-0.2, 0) is 12.8 Å². The summed E-state index contributed by atoms with van der Waals surface area (Å²) in [4.78, 5) is 0. The second-order valence-electron chi connectivity index (χ2n) is 5.04. The van der Waals surface area contributed by atoms with E-state index in [9.17, 15) is 5.11 Å². The van der Waals surface area contributed by atoms with E-state index in [1.807, 2.05) is 12.1 Å². The normalized spacial score (nSPS) is 18.1. The zero-order chi connectivity index (χ0) is 11.8. The highest BCUT2D eigenvalue weighted by molar-refractivity contribution is 5.66. The molecular formula is C16H16O. The lowest BCUT2D eigenvalue weighted by molar-refractivity contribution is 0.475. The van der Waals surface area contributed by atoms with Gasteiger partial charge in [-0.15, -0.1) is 0 Å². The van der Waals surface area contributed by atoms with Crippen molar-refractivity contribution < 1.29 is 5.11 Å². The Morgan fingerprint density at radius 1 is 0.882 bits per heavy atom. The SMILES string of the molecule is CC1Cc2ccc(-c3ccc(O)cc3)cc2C1. The van der Waals surface area contributed by atoms with Gasteiger partial charge in [-0.2, -0.15) is 0 Å². The first kappa shape index (κ1) is 10.4. The van der Waals surface area contributed by atoms with Gasteiger partial charge < -0.3 is 5.11 Å². The molecule has 17 heavy (non-hydrogen) atoms. The van der Waals surface area contributed by atoms with Crippen molar-refractivity contribution in [3.63, 3.8) is 0 Å². The van der Waals surface area contributed by atoms with Crippen molar-refractivity contribution in [2.24, 2.45) is 5.92 Å². The summed E-state index contributed by atoms with van der Waals surface area (Å²) in [5, 5.41) is 9.29. The van der Waals surface area contributed by atoms with Gasteiger partial charge in [0.25, 0.3) is 0 Å². The largest absolute Gasteiger partial charge is 0.508 e. The molecular weight excluding hydrogens is 208 g/mol. The molecule has 1 N–H and O–H groups in total. The van der Waals surface area contributed by atoms with Crippen LogP contribution in [0.1, 0.15) is 18.1 Å². The van der Waals surface area contributed by atoms with Crippen LogP contribution >= 0.6 is 0 Å². The van der Waals surface area contributed by atoms with Gasteiger partial charge in [-0.25, -0.2) is 0 Å². The molecule has 0 bridgehead atoms. The van der Waals surface area contributed by atoms with E-state index in [4.69, 9.17) is 0 Å². The average molecular weight is 224 g/mol. The Bertz CT molecular complexity index is 540. The molecule has 0 aromatic heterocycles. The lowest BCUT2D eigenvalue weighted by atomic mass is 10.0. The van der Waals surface area contributed by atoms with Crippen LogP contribution in [0, 0.1) is 5.92 Å². The zero-order valence-electron chi connectivity index (χ0n) is 9.98. The molecule has 0 saturated heterocycles. The van der Waals surface area contributed by atoms with Crippen molar-refractivity contribution >= 4 is 0 Å². The summed E-state index contributed by atoms with van der Waals surface area (Å²) in [7, 11) is 0. The van der Waals surface area contributed by atoms with Crippen molar-refractivity contribution in [3.8, 4) is 16.9 Å². The molecule has 0 fully saturated rings. The summed E-state index contributed by atoms with van der Waals surface area (Å²) in [5.74, 6) is 1.10. The third-order valence-electron chi connectivity index (χ3n) is 3.54. The summed E-state index contributed by atoms with van der Waals surface area (Å²) in [6.07, 6.45) is 2.41. The minimum atomic E-state index is 0.323. The topological polar surface area (TPSA) is 20.2 Å². The van der Waals surface area contributed by atoms with E-state index in [0.717, 1.165) is 5.92 Å². The van der Waals surface area contributed by atoms with Crippen molar-refractivity contribution in [3.05, 3.63) is 53.6 Å². The Morgan fingerprint density at radius 2 is 1.53 bits per heavy atom. The molecule has 1 aliphatic rings. The Balaban J connectivity index is 2.00. The Labute approximate surface area is 102 Å². The van der Waals surface area contributed by atoms with E-state index < -0.39 is 0 Å². The van der Waals surface area contributed by atoms with Gasteiger partial charge in [-0.05, 0) is 53.1 Å². The first-order valence-electron chi connectivity index (χ1n) is 6.13. The highest BCUT2D eigenvalue weighted by Crippen LogP contribution is 2.31. The molecule has 1 unspecified atom stereocenters. The predicted molar refractivity (Wildman–Crippen MR) is 70.1 cm³/mol. The predicted octanol–water partition coefficient (Wildman–Crippen LogP) is 3.79. The number of rotatable bonds is 1. The third kappa shape index (κ3) is 1.93. The van der Waals surface area contributed by atoms with Crippen molar-refractivity contribution in [1.82, 2.24) is 0 Å². The van der Waals surface area contributed by atoms with Crippen molar-refractivity contribution in [2.75, 3.05) is 0 Å². The number of hydrogen-bond acceptors (Lipinski definition) is 1. The molecule has 0 heterocycles. The Hall–Kier alpha value is -1.76. The molecule has 1 nitrogen and oxygen atoms in total. The van der Waals surface area contributed by atoms with Crippen LogP contribution in [0.4, 0.5) is 0 Å². The summed E-state index contributed by atoms with van der Waals surface area (Å²) < 4.78 is 0. The fraction of sp³-hybridized carbons (Fsp3) is 0.250. The Kier molecular flexibility index (Phi) is 2.40. The molecule has 2 aromatic carbocycles. The first-order chi connectivity index (χ1) is 8.22. The molecule has 0 aliphatic heterocycles. The fourth-order valence-corrected chi connectivity index (χ4v) is 2.67. The van der Waals surface area contributed by atoms with Crippen molar-refractivity contribution in [2.45, 2.75) is 19.8 Å². The van der Waals surface area contributed by atoms with Crippen molar-refractivity contribution in [1.29, 1.82) is 0 Å². The number of phenols is 1. The Morgan fingerprint density at radius 3 is 2.29 bits per heavy atom. The summed E-state index contributed by atoms with van der Waals surface area (Å²) in [6.45, 7) is 2.31. The van der Waals surface area contributed by atoms with Crippen LogP contribution in [0.15, 0.2) is 42.5 Å². The van der Waals surface area contributed by atoms with Gasteiger partial charge in [0.2, 0.25) is 0 Å². The van der Waals surface area contributed by atoms with Gasteiger partial charge in [-0.1, -0.05) is 37.3 Å². The van der Waals surface area contributed by atoms with Gasteiger partial charge >= 0.3 is 0 Å². The van der Waals surface area contributed by atoms with Crippen LogP contribution in [0.25, 0.3) is 11.1 Å². The lowest BCUT2D eigenvalue weighted by Crippen LogP contribution is -1.89. The quantitative estimate of drug-likeness (QED) is 0.781. The molecule has 0 spiro atoms. The van der Waals surface area contributed by atoms with Crippen LogP contribution in [0.5, 0.6) is 5.75 Å². The molecule has 1 heteroatoms. The minimum absolute atomic E-state index is 0.323.